The smallest absolute Gasteiger partial charge is 0.197 e. The fourth-order valence-corrected chi connectivity index (χ4v) is 5.47. The maximum Gasteiger partial charge on any atom is 0.197 e. The second-order valence-corrected chi connectivity index (χ2v) is 9.30. The van der Waals surface area contributed by atoms with Gasteiger partial charge in [0, 0.05) is 35.7 Å². The SMILES string of the molecule is Cc1nn(-c2ccccc2)c2sc(C(=O)/C=C3\NCCc4cc5c(cc43)OCCCO5)cc12. The van der Waals surface area contributed by atoms with Crippen molar-refractivity contribution >= 4 is 33.0 Å². The van der Waals surface area contributed by atoms with Crippen LogP contribution in [0.1, 0.15) is 32.9 Å². The lowest BCUT2D eigenvalue weighted by Crippen LogP contribution is -2.23. The summed E-state index contributed by atoms with van der Waals surface area (Å²) in [6.07, 6.45) is 3.46. The van der Waals surface area contributed by atoms with Crippen LogP contribution in [0.15, 0.2) is 54.6 Å². The number of carbonyl (C=O) groups excluding carboxylic acids is 1. The molecule has 7 heteroatoms. The summed E-state index contributed by atoms with van der Waals surface area (Å²) in [4.78, 5) is 15.0. The molecule has 1 N–H and O–H groups in total. The van der Waals surface area contributed by atoms with Crippen LogP contribution < -0.4 is 14.8 Å². The van der Waals surface area contributed by atoms with E-state index in [1.165, 1.54) is 16.9 Å². The highest BCUT2D eigenvalue weighted by molar-refractivity contribution is 7.20. The Balaban J connectivity index is 1.37. The number of ether oxygens (including phenoxy) is 2. The monoisotopic (exact) mass is 457 g/mol. The Morgan fingerprint density at radius 2 is 1.91 bits per heavy atom. The van der Waals surface area contributed by atoms with E-state index in [1.807, 2.05) is 54.1 Å². The summed E-state index contributed by atoms with van der Waals surface area (Å²) in [5, 5.41) is 9.09. The van der Waals surface area contributed by atoms with Gasteiger partial charge in [-0.2, -0.15) is 5.10 Å². The topological polar surface area (TPSA) is 65.4 Å². The summed E-state index contributed by atoms with van der Waals surface area (Å²) in [6, 6.07) is 16.0. The van der Waals surface area contributed by atoms with E-state index >= 15 is 0 Å². The Bertz CT molecular complexity index is 1400. The zero-order valence-electron chi connectivity index (χ0n) is 18.3. The molecule has 4 aromatic rings. The highest BCUT2D eigenvalue weighted by Crippen LogP contribution is 2.37. The standard InChI is InChI=1S/C26H23N3O3S/c1-16-19-14-25(33-26(19)29(28-16)18-6-3-2-4-7-18)22(30)15-21-20-13-24-23(31-10-5-11-32-24)12-17(20)8-9-27-21/h2-4,6-7,12-15,27H,5,8-11H2,1H3/b21-15-. The van der Waals surface area contributed by atoms with Crippen molar-refractivity contribution in [2.45, 2.75) is 19.8 Å². The molecular formula is C26H23N3O3S. The van der Waals surface area contributed by atoms with E-state index in [1.54, 1.807) is 6.08 Å². The highest BCUT2D eigenvalue weighted by atomic mass is 32.1. The molecule has 166 valence electrons. The Kier molecular flexibility index (Phi) is 4.91. The van der Waals surface area contributed by atoms with Gasteiger partial charge in [-0.05, 0) is 49.2 Å². The first-order chi connectivity index (χ1) is 16.2. The first-order valence-electron chi connectivity index (χ1n) is 11.1. The number of carbonyl (C=O) groups is 1. The van der Waals surface area contributed by atoms with Gasteiger partial charge in [0.15, 0.2) is 17.3 Å². The van der Waals surface area contributed by atoms with Gasteiger partial charge in [0.1, 0.15) is 4.83 Å². The fourth-order valence-electron chi connectivity index (χ4n) is 4.38. The minimum atomic E-state index is -0.0160. The number of hydrogen-bond acceptors (Lipinski definition) is 6. The number of benzene rings is 2. The molecule has 0 aliphatic carbocycles. The van der Waals surface area contributed by atoms with E-state index in [-0.39, 0.29) is 5.78 Å². The molecular weight excluding hydrogens is 434 g/mol. The third kappa shape index (κ3) is 3.58. The lowest BCUT2D eigenvalue weighted by molar-refractivity contribution is 0.105. The maximum absolute atomic E-state index is 13.3. The molecule has 0 bridgehead atoms. The third-order valence-electron chi connectivity index (χ3n) is 6.04. The number of nitrogens with zero attached hydrogens (tertiary/aromatic N) is 2. The van der Waals surface area contributed by atoms with Crippen LogP contribution in [0.25, 0.3) is 21.6 Å². The molecule has 0 atom stereocenters. The maximum atomic E-state index is 13.3. The van der Waals surface area contributed by atoms with Crippen LogP contribution in [0.4, 0.5) is 0 Å². The van der Waals surface area contributed by atoms with E-state index in [0.29, 0.717) is 18.1 Å². The molecule has 0 saturated heterocycles. The lowest BCUT2D eigenvalue weighted by Gasteiger charge is -2.23. The Morgan fingerprint density at radius 1 is 1.12 bits per heavy atom. The predicted octanol–water partition coefficient (Wildman–Crippen LogP) is 4.93. The van der Waals surface area contributed by atoms with Crippen LogP contribution in [-0.4, -0.2) is 35.3 Å². The number of ketones is 1. The number of fused-ring (bicyclic) bond motifs is 3. The summed E-state index contributed by atoms with van der Waals surface area (Å²) in [5.74, 6) is 1.52. The number of nitrogens with one attached hydrogen (secondary N) is 1. The second-order valence-electron chi connectivity index (χ2n) is 8.27. The van der Waals surface area contributed by atoms with Gasteiger partial charge in [0.2, 0.25) is 0 Å². The minimum absolute atomic E-state index is 0.0160. The van der Waals surface area contributed by atoms with Crippen molar-refractivity contribution in [3.8, 4) is 17.2 Å². The van der Waals surface area contributed by atoms with Gasteiger partial charge in [0.05, 0.1) is 29.5 Å². The van der Waals surface area contributed by atoms with Crippen molar-refractivity contribution in [1.82, 2.24) is 15.1 Å². The van der Waals surface area contributed by atoms with Gasteiger partial charge >= 0.3 is 0 Å². The Labute approximate surface area is 195 Å². The number of para-hydroxylation sites is 1. The van der Waals surface area contributed by atoms with Crippen LogP contribution >= 0.6 is 11.3 Å². The molecule has 0 unspecified atom stereocenters. The second kappa shape index (κ2) is 8.08. The molecule has 6 nitrogen and oxygen atoms in total. The molecule has 33 heavy (non-hydrogen) atoms. The first kappa shape index (κ1) is 20.1. The molecule has 0 saturated carbocycles. The fraction of sp³-hybridized carbons (Fsp3) is 0.231. The molecule has 6 rings (SSSR count). The number of rotatable bonds is 3. The van der Waals surface area contributed by atoms with Gasteiger partial charge in [-0.15, -0.1) is 11.3 Å². The minimum Gasteiger partial charge on any atom is -0.490 e. The van der Waals surface area contributed by atoms with E-state index in [0.717, 1.165) is 63.7 Å². The summed E-state index contributed by atoms with van der Waals surface area (Å²) in [6.45, 7) is 4.06. The van der Waals surface area contributed by atoms with E-state index in [4.69, 9.17) is 9.47 Å². The number of hydrogen-bond donors (Lipinski definition) is 1. The number of aryl methyl sites for hydroxylation is 1. The molecule has 2 aromatic heterocycles. The third-order valence-corrected chi connectivity index (χ3v) is 7.16. The number of allylic oxidation sites excluding steroid dienone is 1. The quantitative estimate of drug-likeness (QED) is 0.349. The number of aromatic nitrogens is 2. The zero-order valence-corrected chi connectivity index (χ0v) is 19.1. The van der Waals surface area contributed by atoms with E-state index in [2.05, 4.69) is 16.5 Å². The number of thiophene rings is 1. The molecule has 0 amide bonds. The van der Waals surface area contributed by atoms with Gasteiger partial charge in [0.25, 0.3) is 0 Å². The molecule has 2 aromatic carbocycles. The highest BCUT2D eigenvalue weighted by Gasteiger charge is 2.22. The predicted molar refractivity (Wildman–Crippen MR) is 130 cm³/mol. The summed E-state index contributed by atoms with van der Waals surface area (Å²) >= 11 is 1.48. The van der Waals surface area contributed by atoms with Crippen molar-refractivity contribution in [1.29, 1.82) is 0 Å². The van der Waals surface area contributed by atoms with Gasteiger partial charge in [-0.25, -0.2) is 4.68 Å². The molecule has 0 fully saturated rings. The Morgan fingerprint density at radius 3 is 2.73 bits per heavy atom. The van der Waals surface area contributed by atoms with Gasteiger partial charge in [-0.3, -0.25) is 4.79 Å². The molecule has 2 aliphatic rings. The Hall–Kier alpha value is -3.58. The molecule has 2 aliphatic heterocycles. The largest absolute Gasteiger partial charge is 0.490 e. The van der Waals surface area contributed by atoms with Crippen molar-refractivity contribution in [2.75, 3.05) is 19.8 Å². The van der Waals surface area contributed by atoms with Crippen LogP contribution in [0.2, 0.25) is 0 Å². The zero-order chi connectivity index (χ0) is 22.4. The van der Waals surface area contributed by atoms with Crippen molar-refractivity contribution < 1.29 is 14.3 Å². The lowest BCUT2D eigenvalue weighted by atomic mass is 9.96. The first-order valence-corrected chi connectivity index (χ1v) is 12.0. The molecule has 4 heterocycles. The van der Waals surface area contributed by atoms with E-state index < -0.39 is 0 Å². The van der Waals surface area contributed by atoms with Crippen molar-refractivity contribution in [3.05, 3.63) is 76.3 Å². The van der Waals surface area contributed by atoms with Crippen LogP contribution in [0.5, 0.6) is 11.5 Å². The average Bonchev–Trinajstić information content (AvgIpc) is 3.31. The van der Waals surface area contributed by atoms with Gasteiger partial charge in [-0.1, -0.05) is 18.2 Å². The van der Waals surface area contributed by atoms with Crippen LogP contribution in [0.3, 0.4) is 0 Å². The summed E-state index contributed by atoms with van der Waals surface area (Å²) < 4.78 is 13.6. The van der Waals surface area contributed by atoms with Crippen molar-refractivity contribution in [3.63, 3.8) is 0 Å². The van der Waals surface area contributed by atoms with Crippen molar-refractivity contribution in [2.24, 2.45) is 0 Å². The van der Waals surface area contributed by atoms with Gasteiger partial charge < -0.3 is 14.8 Å². The van der Waals surface area contributed by atoms with Crippen LogP contribution in [0, 0.1) is 6.92 Å². The average molecular weight is 458 g/mol. The molecule has 0 spiro atoms. The summed E-state index contributed by atoms with van der Waals surface area (Å²) in [5.41, 5.74) is 4.91. The molecule has 0 radical (unpaired) electrons. The normalized spacial score (nSPS) is 16.3. The summed E-state index contributed by atoms with van der Waals surface area (Å²) in [7, 11) is 0. The van der Waals surface area contributed by atoms with E-state index in [9.17, 15) is 4.79 Å². The van der Waals surface area contributed by atoms with Crippen LogP contribution in [-0.2, 0) is 6.42 Å².